The standard InChI is InChI=1S/C13H9FO5/c14-9-3-8(6-15)4-11(5-9)18-7-10-1-2-12(19-10)13(16)17/h1-6H,7H2,(H,16,17). The first-order valence-corrected chi connectivity index (χ1v) is 5.29. The summed E-state index contributed by atoms with van der Waals surface area (Å²) in [5.74, 6) is -1.53. The molecule has 19 heavy (non-hydrogen) atoms. The Morgan fingerprint density at radius 1 is 1.37 bits per heavy atom. The molecule has 5 nitrogen and oxygen atoms in total. The number of carbonyl (C=O) groups excluding carboxylic acids is 1. The number of furan rings is 1. The lowest BCUT2D eigenvalue weighted by molar-refractivity contribution is 0.0658. The van der Waals surface area contributed by atoms with Crippen LogP contribution >= 0.6 is 0 Å². The van der Waals surface area contributed by atoms with E-state index in [1.54, 1.807) is 0 Å². The first kappa shape index (κ1) is 12.8. The lowest BCUT2D eigenvalue weighted by atomic mass is 10.2. The number of benzene rings is 1. The van der Waals surface area contributed by atoms with E-state index in [0.29, 0.717) is 6.29 Å². The van der Waals surface area contributed by atoms with Gasteiger partial charge in [0.25, 0.3) is 0 Å². The summed E-state index contributed by atoms with van der Waals surface area (Å²) in [6.07, 6.45) is 0.505. The van der Waals surface area contributed by atoms with Crippen LogP contribution in [0.1, 0.15) is 26.7 Å². The number of aldehydes is 1. The molecule has 1 heterocycles. The molecule has 0 unspecified atom stereocenters. The minimum absolute atomic E-state index is 0.0605. The van der Waals surface area contributed by atoms with Crippen molar-refractivity contribution in [2.75, 3.05) is 0 Å². The number of hydrogen-bond acceptors (Lipinski definition) is 4. The van der Waals surface area contributed by atoms with Crippen LogP contribution in [0, 0.1) is 5.82 Å². The zero-order valence-corrected chi connectivity index (χ0v) is 9.63. The van der Waals surface area contributed by atoms with E-state index in [9.17, 15) is 14.0 Å². The molecule has 0 radical (unpaired) electrons. The fourth-order valence-electron chi connectivity index (χ4n) is 1.46. The van der Waals surface area contributed by atoms with Gasteiger partial charge >= 0.3 is 5.97 Å². The van der Waals surface area contributed by atoms with Crippen molar-refractivity contribution in [1.29, 1.82) is 0 Å². The highest BCUT2D eigenvalue weighted by atomic mass is 19.1. The molecular formula is C13H9FO5. The Balaban J connectivity index is 2.07. The lowest BCUT2D eigenvalue weighted by Gasteiger charge is -2.05. The van der Waals surface area contributed by atoms with Crippen LogP contribution in [0.15, 0.2) is 34.7 Å². The second kappa shape index (κ2) is 5.34. The molecule has 6 heteroatoms. The number of carbonyl (C=O) groups is 2. The predicted molar refractivity (Wildman–Crippen MR) is 61.8 cm³/mol. The number of rotatable bonds is 5. The van der Waals surface area contributed by atoms with Crippen LogP contribution in [-0.2, 0) is 6.61 Å². The maximum Gasteiger partial charge on any atom is 0.371 e. The van der Waals surface area contributed by atoms with Crippen LogP contribution in [0.25, 0.3) is 0 Å². The quantitative estimate of drug-likeness (QED) is 0.839. The summed E-state index contributed by atoms with van der Waals surface area (Å²) < 4.78 is 23.3. The van der Waals surface area contributed by atoms with Gasteiger partial charge in [0.05, 0.1) is 0 Å². The van der Waals surface area contributed by atoms with Gasteiger partial charge in [-0.15, -0.1) is 0 Å². The Labute approximate surface area is 107 Å². The predicted octanol–water partition coefficient (Wildman–Crippen LogP) is 2.51. The second-order valence-electron chi connectivity index (χ2n) is 3.70. The Bertz CT molecular complexity index is 617. The van der Waals surface area contributed by atoms with Crippen molar-refractivity contribution in [3.8, 4) is 5.75 Å². The third-order valence-corrected chi connectivity index (χ3v) is 2.28. The van der Waals surface area contributed by atoms with Gasteiger partial charge in [-0.3, -0.25) is 4.79 Å². The van der Waals surface area contributed by atoms with Crippen LogP contribution in [0.3, 0.4) is 0 Å². The number of carboxylic acid groups (broad SMARTS) is 1. The smallest absolute Gasteiger partial charge is 0.371 e. The normalized spacial score (nSPS) is 10.2. The van der Waals surface area contributed by atoms with Gasteiger partial charge in [0, 0.05) is 11.6 Å². The van der Waals surface area contributed by atoms with E-state index >= 15 is 0 Å². The molecule has 0 aliphatic heterocycles. The number of hydrogen-bond donors (Lipinski definition) is 1. The molecule has 1 aromatic carbocycles. The van der Waals surface area contributed by atoms with Crippen molar-refractivity contribution in [1.82, 2.24) is 0 Å². The molecule has 0 saturated carbocycles. The molecule has 0 aliphatic carbocycles. The van der Waals surface area contributed by atoms with E-state index in [-0.39, 0.29) is 29.4 Å². The summed E-state index contributed by atoms with van der Waals surface area (Å²) in [5.41, 5.74) is 0.153. The number of carboxylic acids is 1. The molecule has 0 spiro atoms. The van der Waals surface area contributed by atoms with Crippen LogP contribution in [-0.4, -0.2) is 17.4 Å². The highest BCUT2D eigenvalue weighted by molar-refractivity contribution is 5.84. The van der Waals surface area contributed by atoms with Gasteiger partial charge in [0.15, 0.2) is 0 Å². The fraction of sp³-hybridized carbons (Fsp3) is 0.0769. The molecule has 98 valence electrons. The van der Waals surface area contributed by atoms with E-state index in [1.165, 1.54) is 18.2 Å². The fourth-order valence-corrected chi connectivity index (χ4v) is 1.46. The third-order valence-electron chi connectivity index (χ3n) is 2.28. The average Bonchev–Trinajstić information content (AvgIpc) is 2.84. The molecule has 0 fully saturated rings. The van der Waals surface area contributed by atoms with Crippen molar-refractivity contribution in [3.63, 3.8) is 0 Å². The summed E-state index contributed by atoms with van der Waals surface area (Å²) in [4.78, 5) is 21.2. The zero-order chi connectivity index (χ0) is 13.8. The Hall–Kier alpha value is -2.63. The number of aromatic carboxylic acids is 1. The molecule has 0 atom stereocenters. The monoisotopic (exact) mass is 264 g/mol. The minimum atomic E-state index is -1.18. The topological polar surface area (TPSA) is 76.7 Å². The van der Waals surface area contributed by atoms with E-state index in [0.717, 1.165) is 12.1 Å². The third kappa shape index (κ3) is 3.19. The molecule has 0 saturated heterocycles. The first-order chi connectivity index (χ1) is 9.08. The van der Waals surface area contributed by atoms with Gasteiger partial charge in [-0.2, -0.15) is 0 Å². The van der Waals surface area contributed by atoms with Crippen molar-refractivity contribution in [3.05, 3.63) is 53.2 Å². The maximum atomic E-state index is 13.1. The Morgan fingerprint density at radius 3 is 2.79 bits per heavy atom. The molecule has 0 bridgehead atoms. The Kier molecular flexibility index (Phi) is 3.61. The van der Waals surface area contributed by atoms with Crippen LogP contribution < -0.4 is 4.74 Å². The number of ether oxygens (including phenoxy) is 1. The van der Waals surface area contributed by atoms with Crippen LogP contribution in [0.2, 0.25) is 0 Å². The highest BCUT2D eigenvalue weighted by Crippen LogP contribution is 2.17. The van der Waals surface area contributed by atoms with Crippen molar-refractivity contribution in [2.24, 2.45) is 0 Å². The van der Waals surface area contributed by atoms with E-state index in [2.05, 4.69) is 0 Å². The first-order valence-electron chi connectivity index (χ1n) is 5.29. The largest absolute Gasteiger partial charge is 0.486 e. The van der Waals surface area contributed by atoms with E-state index < -0.39 is 11.8 Å². The van der Waals surface area contributed by atoms with Gasteiger partial charge in [-0.25, -0.2) is 9.18 Å². The van der Waals surface area contributed by atoms with E-state index in [4.69, 9.17) is 14.3 Å². The summed E-state index contributed by atoms with van der Waals surface area (Å²) in [7, 11) is 0. The van der Waals surface area contributed by atoms with Crippen molar-refractivity contribution >= 4 is 12.3 Å². The Morgan fingerprint density at radius 2 is 2.16 bits per heavy atom. The van der Waals surface area contributed by atoms with Gasteiger partial charge in [-0.1, -0.05) is 0 Å². The second-order valence-corrected chi connectivity index (χ2v) is 3.70. The lowest BCUT2D eigenvalue weighted by Crippen LogP contribution is -1.96. The molecule has 1 aromatic heterocycles. The SMILES string of the molecule is O=Cc1cc(F)cc(OCc2ccc(C(=O)O)o2)c1. The van der Waals surface area contributed by atoms with E-state index in [1.807, 2.05) is 0 Å². The van der Waals surface area contributed by atoms with Gasteiger partial charge < -0.3 is 14.3 Å². The van der Waals surface area contributed by atoms with Crippen molar-refractivity contribution in [2.45, 2.75) is 6.61 Å². The van der Waals surface area contributed by atoms with Gasteiger partial charge in [0.2, 0.25) is 5.76 Å². The molecule has 2 rings (SSSR count). The molecule has 1 N–H and O–H groups in total. The van der Waals surface area contributed by atoms with Crippen LogP contribution in [0.5, 0.6) is 5.75 Å². The summed E-state index contributed by atoms with van der Waals surface area (Å²) in [6, 6.07) is 6.31. The van der Waals surface area contributed by atoms with Gasteiger partial charge in [-0.05, 0) is 24.3 Å². The van der Waals surface area contributed by atoms with Crippen molar-refractivity contribution < 1.29 is 28.2 Å². The molecule has 0 aliphatic rings. The molecule has 2 aromatic rings. The number of halogens is 1. The molecular weight excluding hydrogens is 255 g/mol. The molecule has 0 amide bonds. The zero-order valence-electron chi connectivity index (χ0n) is 9.63. The van der Waals surface area contributed by atoms with Crippen LogP contribution in [0.4, 0.5) is 4.39 Å². The summed E-state index contributed by atoms with van der Waals surface area (Å²) >= 11 is 0. The average molecular weight is 264 g/mol. The summed E-state index contributed by atoms with van der Waals surface area (Å²) in [6.45, 7) is -0.0605. The maximum absolute atomic E-state index is 13.1. The summed E-state index contributed by atoms with van der Waals surface area (Å²) in [5, 5.41) is 8.67. The minimum Gasteiger partial charge on any atom is -0.486 e. The highest BCUT2D eigenvalue weighted by Gasteiger charge is 2.09. The van der Waals surface area contributed by atoms with Gasteiger partial charge in [0.1, 0.15) is 30.2 Å².